The fourth-order valence-corrected chi connectivity index (χ4v) is 1.95. The summed E-state index contributed by atoms with van der Waals surface area (Å²) in [5, 5.41) is 9.53. The molecule has 1 radical (unpaired) electrons. The number of hydrogen-bond donors (Lipinski definition) is 1. The lowest BCUT2D eigenvalue weighted by Crippen LogP contribution is -1.74. The van der Waals surface area contributed by atoms with E-state index in [0.29, 0.717) is 5.75 Å². The van der Waals surface area contributed by atoms with Gasteiger partial charge in [0.1, 0.15) is 5.75 Å². The average Bonchev–Trinajstić information content (AvgIpc) is 2.23. The molecule has 69 valence electrons. The van der Waals surface area contributed by atoms with Crippen LogP contribution in [0, 0.1) is 6.07 Å². The van der Waals surface area contributed by atoms with Gasteiger partial charge in [0.25, 0.3) is 0 Å². The predicted molar refractivity (Wildman–Crippen MR) is 57.5 cm³/mol. The van der Waals surface area contributed by atoms with Gasteiger partial charge in [0.15, 0.2) is 0 Å². The monoisotopic (exact) mass is 201 g/mol. The van der Waals surface area contributed by atoms with E-state index in [0.717, 1.165) is 9.79 Å². The summed E-state index contributed by atoms with van der Waals surface area (Å²) in [6, 6.07) is 18.0. The summed E-state index contributed by atoms with van der Waals surface area (Å²) < 4.78 is 0. The largest absolute Gasteiger partial charge is 0.507 e. The Morgan fingerprint density at radius 1 is 1.07 bits per heavy atom. The Morgan fingerprint density at radius 2 is 1.86 bits per heavy atom. The minimum Gasteiger partial charge on any atom is -0.507 e. The van der Waals surface area contributed by atoms with Gasteiger partial charge >= 0.3 is 0 Å². The highest BCUT2D eigenvalue weighted by Gasteiger charge is 2.00. The molecule has 0 aliphatic carbocycles. The maximum absolute atomic E-state index is 9.53. The maximum Gasteiger partial charge on any atom is 0.129 e. The van der Waals surface area contributed by atoms with E-state index >= 15 is 0 Å². The van der Waals surface area contributed by atoms with Gasteiger partial charge in [-0.25, -0.2) is 0 Å². The number of hydrogen-bond acceptors (Lipinski definition) is 2. The molecule has 0 bridgehead atoms. The summed E-state index contributed by atoms with van der Waals surface area (Å²) in [5.74, 6) is 0.303. The molecule has 0 saturated carbocycles. The molecule has 0 aliphatic heterocycles. The molecule has 1 nitrogen and oxygen atoms in total. The third-order valence-electron chi connectivity index (χ3n) is 1.78. The average molecular weight is 201 g/mol. The highest BCUT2D eigenvalue weighted by Crippen LogP contribution is 2.33. The van der Waals surface area contributed by atoms with Gasteiger partial charge in [-0.3, -0.25) is 0 Å². The van der Waals surface area contributed by atoms with Gasteiger partial charge in [-0.05, 0) is 30.3 Å². The molecule has 0 atom stereocenters. The Balaban J connectivity index is 2.24. The fourth-order valence-electron chi connectivity index (χ4n) is 1.10. The lowest BCUT2D eigenvalue weighted by Gasteiger charge is -2.02. The quantitative estimate of drug-likeness (QED) is 0.804. The van der Waals surface area contributed by atoms with Gasteiger partial charge in [0, 0.05) is 4.90 Å². The lowest BCUT2D eigenvalue weighted by atomic mass is 10.3. The molecule has 0 unspecified atom stereocenters. The Bertz CT molecular complexity index is 412. The Hall–Kier alpha value is -1.41. The standard InChI is InChI=1S/C12H9OS/c13-11-8-4-5-9-12(11)14-10-6-2-1-3-7-10/h1-4,6-9,13H. The Kier molecular flexibility index (Phi) is 2.75. The number of aromatic hydroxyl groups is 1. The topological polar surface area (TPSA) is 20.2 Å². The molecule has 2 rings (SSSR count). The zero-order valence-electron chi connectivity index (χ0n) is 7.47. The van der Waals surface area contributed by atoms with Crippen molar-refractivity contribution in [2.24, 2.45) is 0 Å². The first kappa shape index (κ1) is 9.16. The molecule has 0 aliphatic rings. The second-order valence-corrected chi connectivity index (χ2v) is 3.92. The fraction of sp³-hybridized carbons (Fsp3) is 0. The summed E-state index contributed by atoms with van der Waals surface area (Å²) >= 11 is 1.53. The van der Waals surface area contributed by atoms with Crippen LogP contribution in [0.4, 0.5) is 0 Å². The zero-order chi connectivity index (χ0) is 9.80. The van der Waals surface area contributed by atoms with Gasteiger partial charge in [-0.2, -0.15) is 0 Å². The molecule has 0 fully saturated rings. The van der Waals surface area contributed by atoms with Crippen molar-refractivity contribution >= 4 is 11.8 Å². The van der Waals surface area contributed by atoms with Gasteiger partial charge in [-0.1, -0.05) is 36.0 Å². The molecular weight excluding hydrogens is 192 g/mol. The molecule has 2 aromatic rings. The van der Waals surface area contributed by atoms with E-state index < -0.39 is 0 Å². The van der Waals surface area contributed by atoms with Crippen molar-refractivity contribution in [1.82, 2.24) is 0 Å². The summed E-state index contributed by atoms with van der Waals surface area (Å²) in [7, 11) is 0. The maximum atomic E-state index is 9.53. The van der Waals surface area contributed by atoms with Gasteiger partial charge < -0.3 is 5.11 Å². The third kappa shape index (κ3) is 2.09. The summed E-state index contributed by atoms with van der Waals surface area (Å²) in [4.78, 5) is 1.95. The SMILES string of the molecule is Oc1cc[c]cc1Sc1ccccc1. The molecule has 0 spiro atoms. The number of phenolic OH excluding ortho intramolecular Hbond substituents is 1. The molecule has 14 heavy (non-hydrogen) atoms. The molecule has 0 aromatic heterocycles. The van der Waals surface area contributed by atoms with Crippen LogP contribution in [0.3, 0.4) is 0 Å². The van der Waals surface area contributed by atoms with Crippen LogP contribution >= 0.6 is 11.8 Å². The van der Waals surface area contributed by atoms with E-state index in [1.165, 1.54) is 11.8 Å². The highest BCUT2D eigenvalue weighted by molar-refractivity contribution is 7.99. The highest BCUT2D eigenvalue weighted by atomic mass is 32.2. The number of phenols is 1. The van der Waals surface area contributed by atoms with Crippen molar-refractivity contribution in [1.29, 1.82) is 0 Å². The summed E-state index contributed by atoms with van der Waals surface area (Å²) in [5.41, 5.74) is 0. The van der Waals surface area contributed by atoms with E-state index in [4.69, 9.17) is 0 Å². The molecule has 2 heteroatoms. The van der Waals surface area contributed by atoms with E-state index in [1.54, 1.807) is 18.2 Å². The minimum absolute atomic E-state index is 0.303. The molecule has 1 N–H and O–H groups in total. The van der Waals surface area contributed by atoms with Crippen LogP contribution in [-0.4, -0.2) is 5.11 Å². The lowest BCUT2D eigenvalue weighted by molar-refractivity contribution is 0.462. The van der Waals surface area contributed by atoms with Crippen molar-refractivity contribution in [3.8, 4) is 5.75 Å². The van der Waals surface area contributed by atoms with Gasteiger partial charge in [0.05, 0.1) is 4.90 Å². The van der Waals surface area contributed by atoms with Gasteiger partial charge in [0.2, 0.25) is 0 Å². The van der Waals surface area contributed by atoms with Crippen molar-refractivity contribution in [3.63, 3.8) is 0 Å². The number of rotatable bonds is 2. The number of benzene rings is 2. The second kappa shape index (κ2) is 4.20. The van der Waals surface area contributed by atoms with E-state index in [9.17, 15) is 5.11 Å². The van der Waals surface area contributed by atoms with Crippen molar-refractivity contribution < 1.29 is 5.11 Å². The summed E-state index contributed by atoms with van der Waals surface area (Å²) in [6.45, 7) is 0. The summed E-state index contributed by atoms with van der Waals surface area (Å²) in [6.07, 6.45) is 0. The predicted octanol–water partition coefficient (Wildman–Crippen LogP) is 3.34. The van der Waals surface area contributed by atoms with E-state index in [-0.39, 0.29) is 0 Å². The second-order valence-electron chi connectivity index (χ2n) is 2.81. The Labute approximate surface area is 87.4 Å². The van der Waals surface area contributed by atoms with Crippen molar-refractivity contribution in [3.05, 3.63) is 54.6 Å². The van der Waals surface area contributed by atoms with Crippen molar-refractivity contribution in [2.75, 3.05) is 0 Å². The van der Waals surface area contributed by atoms with Crippen LogP contribution in [0.2, 0.25) is 0 Å². The van der Waals surface area contributed by atoms with Crippen LogP contribution in [0.25, 0.3) is 0 Å². The first-order valence-electron chi connectivity index (χ1n) is 4.28. The van der Waals surface area contributed by atoms with Crippen LogP contribution in [0.1, 0.15) is 0 Å². The molecular formula is C12H9OS. The van der Waals surface area contributed by atoms with E-state index in [1.807, 2.05) is 30.3 Å². The third-order valence-corrected chi connectivity index (χ3v) is 2.83. The van der Waals surface area contributed by atoms with Gasteiger partial charge in [-0.15, -0.1) is 0 Å². The van der Waals surface area contributed by atoms with Crippen LogP contribution in [-0.2, 0) is 0 Å². The van der Waals surface area contributed by atoms with Crippen LogP contribution < -0.4 is 0 Å². The molecule has 0 heterocycles. The van der Waals surface area contributed by atoms with Crippen LogP contribution in [0.15, 0.2) is 58.3 Å². The van der Waals surface area contributed by atoms with E-state index in [2.05, 4.69) is 6.07 Å². The molecule has 0 saturated heterocycles. The minimum atomic E-state index is 0.303. The van der Waals surface area contributed by atoms with Crippen molar-refractivity contribution in [2.45, 2.75) is 9.79 Å². The molecule has 2 aromatic carbocycles. The molecule has 0 amide bonds. The smallest absolute Gasteiger partial charge is 0.129 e. The Morgan fingerprint density at radius 3 is 2.57 bits per heavy atom. The van der Waals surface area contributed by atoms with Crippen LogP contribution in [0.5, 0.6) is 5.75 Å². The normalized spacial score (nSPS) is 10.0. The first-order valence-corrected chi connectivity index (χ1v) is 5.10. The zero-order valence-corrected chi connectivity index (χ0v) is 8.29. The first-order chi connectivity index (χ1) is 6.86.